The molecule has 0 aliphatic carbocycles. The van der Waals surface area contributed by atoms with E-state index in [0.717, 1.165) is 22.5 Å². The molecule has 1 aromatic carbocycles. The summed E-state index contributed by atoms with van der Waals surface area (Å²) in [6.07, 6.45) is 2.74. The van der Waals surface area contributed by atoms with Crippen LogP contribution < -0.4 is 0 Å². The molecule has 0 bridgehead atoms. The van der Waals surface area contributed by atoms with E-state index in [1.54, 1.807) is 47.4 Å². The lowest BCUT2D eigenvalue weighted by molar-refractivity contribution is 0.0767. The van der Waals surface area contributed by atoms with Gasteiger partial charge in [0.1, 0.15) is 0 Å². The van der Waals surface area contributed by atoms with Crippen molar-refractivity contribution in [3.63, 3.8) is 0 Å². The summed E-state index contributed by atoms with van der Waals surface area (Å²) < 4.78 is 30.2. The molecule has 3 heterocycles. The molecule has 2 aromatic heterocycles. The lowest BCUT2D eigenvalue weighted by atomic mass is 9.94. The van der Waals surface area contributed by atoms with Crippen molar-refractivity contribution >= 4 is 10.0 Å². The van der Waals surface area contributed by atoms with Gasteiger partial charge in [0.05, 0.1) is 22.7 Å². The zero-order valence-electron chi connectivity index (χ0n) is 16.6. The summed E-state index contributed by atoms with van der Waals surface area (Å²) in [5, 5.41) is 15.7. The van der Waals surface area contributed by atoms with Gasteiger partial charge in [-0.25, -0.2) is 8.42 Å². The topological polar surface area (TPSA) is 88.3 Å². The first kappa shape index (κ1) is 19.8. The molecule has 0 unspecified atom stereocenters. The second-order valence-corrected chi connectivity index (χ2v) is 9.30. The number of benzene rings is 1. The number of hydrogen-bond acceptors (Lipinski definition) is 5. The van der Waals surface area contributed by atoms with Crippen molar-refractivity contribution in [3.05, 3.63) is 76.9 Å². The highest BCUT2D eigenvalue weighted by Gasteiger charge is 2.44. The molecular formula is C21H24N4O3S. The SMILES string of the molecule is Cc1nn(C)c(C)c1C[C@@H]1[C@H](O)c2ccccc2S(=O)(=O)N1Cc1cccnc1. The van der Waals surface area contributed by atoms with Gasteiger partial charge in [-0.2, -0.15) is 9.40 Å². The quantitative estimate of drug-likeness (QED) is 0.710. The first-order valence-electron chi connectivity index (χ1n) is 9.47. The van der Waals surface area contributed by atoms with Crippen LogP contribution >= 0.6 is 0 Å². The maximum absolute atomic E-state index is 13.5. The summed E-state index contributed by atoms with van der Waals surface area (Å²) in [5.74, 6) is 0. The molecule has 7 nitrogen and oxygen atoms in total. The Balaban J connectivity index is 1.83. The standard InChI is InChI=1S/C21H24N4O3S/c1-14-18(15(2)24(3)23-14)11-19-21(26)17-8-4-5-9-20(17)29(27,28)25(19)13-16-7-6-10-22-12-16/h4-10,12,19,21,26H,11,13H2,1-3H3/t19-,21-/m1/s1. The monoisotopic (exact) mass is 412 g/mol. The van der Waals surface area contributed by atoms with Gasteiger partial charge in [-0.1, -0.05) is 24.3 Å². The van der Waals surface area contributed by atoms with E-state index in [9.17, 15) is 13.5 Å². The highest BCUT2D eigenvalue weighted by atomic mass is 32.2. The Hall–Kier alpha value is -2.55. The lowest BCUT2D eigenvalue weighted by Crippen LogP contribution is -2.48. The average Bonchev–Trinajstić information content (AvgIpc) is 2.95. The molecule has 0 saturated carbocycles. The van der Waals surface area contributed by atoms with Crippen LogP contribution in [-0.4, -0.2) is 38.6 Å². The van der Waals surface area contributed by atoms with Gasteiger partial charge < -0.3 is 5.11 Å². The number of aliphatic hydroxyl groups excluding tert-OH is 1. The Morgan fingerprint density at radius 1 is 1.14 bits per heavy atom. The molecule has 1 N–H and O–H groups in total. The number of nitrogens with zero attached hydrogens (tertiary/aromatic N) is 4. The Morgan fingerprint density at radius 3 is 2.55 bits per heavy atom. The highest BCUT2D eigenvalue weighted by Crippen LogP contribution is 2.39. The van der Waals surface area contributed by atoms with E-state index in [-0.39, 0.29) is 11.4 Å². The highest BCUT2D eigenvalue weighted by molar-refractivity contribution is 7.89. The zero-order chi connectivity index (χ0) is 20.8. The van der Waals surface area contributed by atoms with Crippen molar-refractivity contribution in [2.45, 2.75) is 43.9 Å². The molecule has 8 heteroatoms. The normalized spacial score (nSPS) is 21.1. The maximum atomic E-state index is 13.5. The molecule has 3 aromatic rings. The van der Waals surface area contributed by atoms with Gasteiger partial charge in [-0.05, 0) is 43.5 Å². The summed E-state index contributed by atoms with van der Waals surface area (Å²) >= 11 is 0. The molecule has 0 spiro atoms. The Morgan fingerprint density at radius 2 is 1.90 bits per heavy atom. The van der Waals surface area contributed by atoms with E-state index in [2.05, 4.69) is 10.1 Å². The summed E-state index contributed by atoms with van der Waals surface area (Å²) in [5.41, 5.74) is 3.98. The number of sulfonamides is 1. The van der Waals surface area contributed by atoms with Crippen LogP contribution in [0.1, 0.15) is 34.2 Å². The summed E-state index contributed by atoms with van der Waals surface area (Å²) in [6, 6.07) is 9.66. The van der Waals surface area contributed by atoms with E-state index >= 15 is 0 Å². The second kappa shape index (κ2) is 7.37. The smallest absolute Gasteiger partial charge is 0.244 e. The van der Waals surface area contributed by atoms with Gasteiger partial charge in [0.15, 0.2) is 0 Å². The number of fused-ring (bicyclic) bond motifs is 1. The van der Waals surface area contributed by atoms with Crippen LogP contribution in [0, 0.1) is 13.8 Å². The third-order valence-corrected chi connectivity index (χ3v) is 7.64. The fraction of sp³-hybridized carbons (Fsp3) is 0.333. The van der Waals surface area contributed by atoms with E-state index in [0.29, 0.717) is 12.0 Å². The predicted molar refractivity (Wildman–Crippen MR) is 109 cm³/mol. The van der Waals surface area contributed by atoms with Gasteiger partial charge >= 0.3 is 0 Å². The van der Waals surface area contributed by atoms with Gasteiger partial charge in [0.2, 0.25) is 10.0 Å². The molecule has 4 rings (SSSR count). The molecular weight excluding hydrogens is 388 g/mol. The number of aliphatic hydroxyl groups is 1. The fourth-order valence-electron chi connectivity index (χ4n) is 4.04. The van der Waals surface area contributed by atoms with Gasteiger partial charge in [-0.15, -0.1) is 0 Å². The van der Waals surface area contributed by atoms with E-state index in [1.807, 2.05) is 27.0 Å². The molecule has 152 valence electrons. The van der Waals surface area contributed by atoms with Crippen molar-refractivity contribution in [1.82, 2.24) is 19.1 Å². The van der Waals surface area contributed by atoms with Crippen molar-refractivity contribution < 1.29 is 13.5 Å². The van der Waals surface area contributed by atoms with Crippen LogP contribution in [0.2, 0.25) is 0 Å². The Bertz CT molecular complexity index is 1140. The van der Waals surface area contributed by atoms with Gasteiger partial charge in [0.25, 0.3) is 0 Å². The maximum Gasteiger partial charge on any atom is 0.244 e. The minimum Gasteiger partial charge on any atom is -0.387 e. The summed E-state index contributed by atoms with van der Waals surface area (Å²) in [7, 11) is -1.92. The van der Waals surface area contributed by atoms with E-state index < -0.39 is 22.2 Å². The first-order valence-corrected chi connectivity index (χ1v) is 10.9. The van der Waals surface area contributed by atoms with Crippen molar-refractivity contribution in [2.75, 3.05) is 0 Å². The van der Waals surface area contributed by atoms with Gasteiger partial charge in [0, 0.05) is 37.2 Å². The molecule has 0 saturated heterocycles. The third-order valence-electron chi connectivity index (χ3n) is 5.69. The number of pyridine rings is 1. The predicted octanol–water partition coefficient (Wildman–Crippen LogP) is 2.28. The first-order chi connectivity index (χ1) is 13.8. The largest absolute Gasteiger partial charge is 0.387 e. The molecule has 29 heavy (non-hydrogen) atoms. The van der Waals surface area contributed by atoms with Crippen LogP contribution in [0.5, 0.6) is 0 Å². The lowest BCUT2D eigenvalue weighted by Gasteiger charge is -2.39. The van der Waals surface area contributed by atoms with Crippen LogP contribution in [0.25, 0.3) is 0 Å². The Kier molecular flexibility index (Phi) is 5.02. The summed E-state index contributed by atoms with van der Waals surface area (Å²) in [4.78, 5) is 4.26. The molecule has 2 atom stereocenters. The second-order valence-electron chi connectivity index (χ2n) is 7.44. The number of rotatable bonds is 4. The molecule has 0 radical (unpaired) electrons. The number of aryl methyl sites for hydroxylation is 2. The summed E-state index contributed by atoms with van der Waals surface area (Å²) in [6.45, 7) is 4.01. The average molecular weight is 413 g/mol. The van der Waals surface area contributed by atoms with Crippen LogP contribution in [-0.2, 0) is 30.0 Å². The minimum atomic E-state index is -3.78. The number of hydrogen-bond donors (Lipinski definition) is 1. The molecule has 1 aliphatic rings. The fourth-order valence-corrected chi connectivity index (χ4v) is 5.89. The molecule has 1 aliphatic heterocycles. The van der Waals surface area contributed by atoms with Crippen molar-refractivity contribution in [3.8, 4) is 0 Å². The van der Waals surface area contributed by atoms with Crippen molar-refractivity contribution in [2.24, 2.45) is 7.05 Å². The Labute approximate surface area is 170 Å². The van der Waals surface area contributed by atoms with E-state index in [1.165, 1.54) is 4.31 Å². The number of aromatic nitrogens is 3. The minimum absolute atomic E-state index is 0.143. The van der Waals surface area contributed by atoms with Crippen molar-refractivity contribution in [1.29, 1.82) is 0 Å². The van der Waals surface area contributed by atoms with Crippen LogP contribution in [0.4, 0.5) is 0 Å². The molecule has 0 fully saturated rings. The zero-order valence-corrected chi connectivity index (χ0v) is 17.5. The molecule has 0 amide bonds. The third kappa shape index (κ3) is 3.37. The van der Waals surface area contributed by atoms with Crippen LogP contribution in [0.15, 0.2) is 53.7 Å². The van der Waals surface area contributed by atoms with E-state index in [4.69, 9.17) is 0 Å². The van der Waals surface area contributed by atoms with Crippen LogP contribution in [0.3, 0.4) is 0 Å². The van der Waals surface area contributed by atoms with Gasteiger partial charge in [-0.3, -0.25) is 9.67 Å².